The lowest BCUT2D eigenvalue weighted by atomic mass is 10.0. The highest BCUT2D eigenvalue weighted by Gasteiger charge is 2.21. The van der Waals surface area contributed by atoms with E-state index in [0.717, 1.165) is 15.7 Å². The fourth-order valence-electron chi connectivity index (χ4n) is 1.72. The first-order valence-electron chi connectivity index (χ1n) is 4.97. The summed E-state index contributed by atoms with van der Waals surface area (Å²) < 4.78 is 1.08. The molecule has 0 atom stereocenters. The first kappa shape index (κ1) is 10.7. The molecule has 1 aromatic carbocycles. The van der Waals surface area contributed by atoms with Gasteiger partial charge in [-0.05, 0) is 48.8 Å². The van der Waals surface area contributed by atoms with E-state index in [9.17, 15) is 0 Å². The van der Waals surface area contributed by atoms with Gasteiger partial charge >= 0.3 is 0 Å². The molecule has 0 amide bonds. The van der Waals surface area contributed by atoms with Crippen LogP contribution in [0.5, 0.6) is 0 Å². The summed E-state index contributed by atoms with van der Waals surface area (Å²) in [6, 6.07) is 6.34. The van der Waals surface area contributed by atoms with E-state index in [1.54, 1.807) is 0 Å². The molecule has 1 heterocycles. The lowest BCUT2D eigenvalue weighted by molar-refractivity contribution is 0.537. The standard InChI is InChI=1S/C12H15BrN2/c1-7-4-5-9-8(6-7)10(13)11(15-9)12(2,3)14/h4-6,15H,14H2,1-3H3. The summed E-state index contributed by atoms with van der Waals surface area (Å²) in [6.45, 7) is 6.08. The minimum absolute atomic E-state index is 0.355. The Morgan fingerprint density at radius 1 is 1.33 bits per heavy atom. The average Bonchev–Trinajstić information content (AvgIpc) is 2.43. The van der Waals surface area contributed by atoms with Crippen LogP contribution in [-0.4, -0.2) is 4.98 Å². The number of fused-ring (bicyclic) bond motifs is 1. The molecule has 2 nitrogen and oxygen atoms in total. The zero-order valence-corrected chi connectivity index (χ0v) is 10.8. The van der Waals surface area contributed by atoms with E-state index in [4.69, 9.17) is 5.73 Å². The van der Waals surface area contributed by atoms with Crippen molar-refractivity contribution < 1.29 is 0 Å². The van der Waals surface area contributed by atoms with E-state index in [0.29, 0.717) is 0 Å². The fourth-order valence-corrected chi connectivity index (χ4v) is 2.65. The summed E-state index contributed by atoms with van der Waals surface area (Å²) in [5.41, 5.74) is 9.17. The normalized spacial score (nSPS) is 12.3. The molecule has 0 bridgehead atoms. The molecule has 2 rings (SSSR count). The van der Waals surface area contributed by atoms with Crippen LogP contribution >= 0.6 is 15.9 Å². The van der Waals surface area contributed by atoms with E-state index in [-0.39, 0.29) is 5.54 Å². The van der Waals surface area contributed by atoms with Gasteiger partial charge in [0.05, 0.1) is 5.54 Å². The molecule has 0 spiro atoms. The lowest BCUT2D eigenvalue weighted by Crippen LogP contribution is -2.29. The SMILES string of the molecule is Cc1ccc2[nH]c(C(C)(C)N)c(Br)c2c1. The van der Waals surface area contributed by atoms with Crippen molar-refractivity contribution in [1.82, 2.24) is 4.98 Å². The van der Waals surface area contributed by atoms with Crippen LogP contribution in [0.4, 0.5) is 0 Å². The maximum Gasteiger partial charge on any atom is 0.0516 e. The monoisotopic (exact) mass is 266 g/mol. The molecule has 3 heteroatoms. The maximum atomic E-state index is 6.10. The van der Waals surface area contributed by atoms with Gasteiger partial charge in [-0.3, -0.25) is 0 Å². The molecule has 3 N–H and O–H groups in total. The number of rotatable bonds is 1. The number of aryl methyl sites for hydroxylation is 1. The first-order valence-corrected chi connectivity index (χ1v) is 5.76. The van der Waals surface area contributed by atoms with Gasteiger partial charge in [0, 0.05) is 21.1 Å². The van der Waals surface area contributed by atoms with Crippen LogP contribution in [-0.2, 0) is 5.54 Å². The Kier molecular flexibility index (Phi) is 2.40. The number of hydrogen-bond donors (Lipinski definition) is 2. The second-order valence-electron chi connectivity index (χ2n) is 4.58. The summed E-state index contributed by atoms with van der Waals surface area (Å²) in [5, 5.41) is 1.20. The molecule has 1 aromatic heterocycles. The molecular weight excluding hydrogens is 252 g/mol. The summed E-state index contributed by atoms with van der Waals surface area (Å²) in [6.07, 6.45) is 0. The molecule has 15 heavy (non-hydrogen) atoms. The number of nitrogens with two attached hydrogens (primary N) is 1. The van der Waals surface area contributed by atoms with Crippen LogP contribution < -0.4 is 5.73 Å². The molecule has 0 unspecified atom stereocenters. The van der Waals surface area contributed by atoms with Crippen LogP contribution in [0.3, 0.4) is 0 Å². The van der Waals surface area contributed by atoms with Gasteiger partial charge < -0.3 is 10.7 Å². The molecule has 0 aliphatic carbocycles. The minimum atomic E-state index is -0.355. The molecule has 0 fully saturated rings. The van der Waals surface area contributed by atoms with Gasteiger partial charge in [-0.25, -0.2) is 0 Å². The van der Waals surface area contributed by atoms with Gasteiger partial charge in [0.15, 0.2) is 0 Å². The van der Waals surface area contributed by atoms with Crippen LogP contribution in [0.25, 0.3) is 10.9 Å². The first-order chi connectivity index (χ1) is 6.89. The average molecular weight is 267 g/mol. The number of benzene rings is 1. The Hall–Kier alpha value is -0.800. The highest BCUT2D eigenvalue weighted by Crippen LogP contribution is 2.33. The van der Waals surface area contributed by atoms with Gasteiger partial charge in [-0.2, -0.15) is 0 Å². The maximum absolute atomic E-state index is 6.10. The van der Waals surface area contributed by atoms with Crippen molar-refractivity contribution in [1.29, 1.82) is 0 Å². The van der Waals surface area contributed by atoms with Crippen molar-refractivity contribution in [3.8, 4) is 0 Å². The Morgan fingerprint density at radius 3 is 2.60 bits per heavy atom. The molecule has 2 aromatic rings. The van der Waals surface area contributed by atoms with E-state index in [1.165, 1.54) is 10.9 Å². The second-order valence-corrected chi connectivity index (χ2v) is 5.38. The number of H-pyrrole nitrogens is 1. The van der Waals surface area contributed by atoms with Gasteiger partial charge in [0.1, 0.15) is 0 Å². The van der Waals surface area contributed by atoms with Crippen molar-refractivity contribution >= 4 is 26.8 Å². The third-order valence-electron chi connectivity index (χ3n) is 2.54. The molecule has 0 aliphatic heterocycles. The van der Waals surface area contributed by atoms with Gasteiger partial charge in [-0.1, -0.05) is 11.6 Å². The van der Waals surface area contributed by atoms with Crippen LogP contribution in [0, 0.1) is 6.92 Å². The largest absolute Gasteiger partial charge is 0.356 e. The van der Waals surface area contributed by atoms with E-state index >= 15 is 0 Å². The number of halogens is 1. The van der Waals surface area contributed by atoms with Gasteiger partial charge in [-0.15, -0.1) is 0 Å². The Morgan fingerprint density at radius 2 is 2.00 bits per heavy atom. The number of nitrogens with one attached hydrogen (secondary N) is 1. The Bertz CT molecular complexity index is 506. The predicted octanol–water partition coefficient (Wildman–Crippen LogP) is 3.43. The number of aromatic nitrogens is 1. The van der Waals surface area contributed by atoms with Crippen molar-refractivity contribution in [2.24, 2.45) is 5.73 Å². The summed E-state index contributed by atoms with van der Waals surface area (Å²) in [7, 11) is 0. The van der Waals surface area contributed by atoms with Crippen LogP contribution in [0.2, 0.25) is 0 Å². The van der Waals surface area contributed by atoms with Crippen molar-refractivity contribution in [2.45, 2.75) is 26.3 Å². The van der Waals surface area contributed by atoms with Crippen LogP contribution in [0.15, 0.2) is 22.7 Å². The zero-order chi connectivity index (χ0) is 11.2. The van der Waals surface area contributed by atoms with Gasteiger partial charge in [0.2, 0.25) is 0 Å². The third kappa shape index (κ3) is 1.82. The number of hydrogen-bond acceptors (Lipinski definition) is 1. The van der Waals surface area contributed by atoms with E-state index in [2.05, 4.69) is 46.0 Å². The molecular formula is C12H15BrN2. The smallest absolute Gasteiger partial charge is 0.0516 e. The zero-order valence-electron chi connectivity index (χ0n) is 9.19. The topological polar surface area (TPSA) is 41.8 Å². The fraction of sp³-hybridized carbons (Fsp3) is 0.333. The molecule has 0 aliphatic rings. The highest BCUT2D eigenvalue weighted by molar-refractivity contribution is 9.10. The lowest BCUT2D eigenvalue weighted by Gasteiger charge is -2.17. The molecule has 0 saturated carbocycles. The van der Waals surface area contributed by atoms with E-state index < -0.39 is 0 Å². The Balaban J connectivity index is 2.76. The summed E-state index contributed by atoms with van der Waals surface area (Å²) >= 11 is 3.61. The number of aromatic amines is 1. The molecule has 80 valence electrons. The van der Waals surface area contributed by atoms with Crippen molar-refractivity contribution in [3.63, 3.8) is 0 Å². The second kappa shape index (κ2) is 3.35. The van der Waals surface area contributed by atoms with E-state index in [1.807, 2.05) is 13.8 Å². The quantitative estimate of drug-likeness (QED) is 0.816. The molecule has 0 radical (unpaired) electrons. The third-order valence-corrected chi connectivity index (χ3v) is 3.36. The Labute approximate surface area is 98.0 Å². The van der Waals surface area contributed by atoms with Crippen LogP contribution in [0.1, 0.15) is 25.1 Å². The minimum Gasteiger partial charge on any atom is -0.356 e. The summed E-state index contributed by atoms with van der Waals surface area (Å²) in [5.74, 6) is 0. The van der Waals surface area contributed by atoms with Crippen molar-refractivity contribution in [3.05, 3.63) is 33.9 Å². The van der Waals surface area contributed by atoms with Gasteiger partial charge in [0.25, 0.3) is 0 Å². The highest BCUT2D eigenvalue weighted by atomic mass is 79.9. The predicted molar refractivity (Wildman–Crippen MR) is 67.9 cm³/mol. The van der Waals surface area contributed by atoms with Crippen molar-refractivity contribution in [2.75, 3.05) is 0 Å². The molecule has 0 saturated heterocycles. The summed E-state index contributed by atoms with van der Waals surface area (Å²) in [4.78, 5) is 3.36.